The highest BCUT2D eigenvalue weighted by Gasteiger charge is 2.23. The Morgan fingerprint density at radius 1 is 1.21 bits per heavy atom. The van der Waals surface area contributed by atoms with Crippen molar-refractivity contribution in [3.8, 4) is 0 Å². The van der Waals surface area contributed by atoms with Gasteiger partial charge in [-0.25, -0.2) is 0 Å². The van der Waals surface area contributed by atoms with E-state index in [2.05, 4.69) is 56.9 Å². The Balaban J connectivity index is 2.96. The van der Waals surface area contributed by atoms with Gasteiger partial charge < -0.3 is 5.11 Å². The van der Waals surface area contributed by atoms with E-state index in [-0.39, 0.29) is 5.92 Å². The van der Waals surface area contributed by atoms with Crippen LogP contribution in [0, 0.1) is 5.92 Å². The van der Waals surface area contributed by atoms with Gasteiger partial charge in [-0.2, -0.15) is 0 Å². The van der Waals surface area contributed by atoms with Gasteiger partial charge in [-0.15, -0.1) is 0 Å². The second-order valence-corrected chi connectivity index (χ2v) is 5.13. The Bertz CT molecular complexity index is 390. The summed E-state index contributed by atoms with van der Waals surface area (Å²) in [6.07, 6.45) is 13.1. The van der Waals surface area contributed by atoms with Crippen LogP contribution in [0.2, 0.25) is 0 Å². The normalized spacial score (nSPS) is 30.3. The van der Waals surface area contributed by atoms with Crippen LogP contribution in [0.5, 0.6) is 0 Å². The van der Waals surface area contributed by atoms with Crippen molar-refractivity contribution in [2.24, 2.45) is 5.92 Å². The summed E-state index contributed by atoms with van der Waals surface area (Å²) in [4.78, 5) is 2.13. The van der Waals surface area contributed by atoms with Gasteiger partial charge in [0.05, 0.1) is 0 Å². The fraction of sp³-hybridized carbons (Fsp3) is 0.529. The molecule has 0 spiro atoms. The van der Waals surface area contributed by atoms with Crippen LogP contribution in [0.15, 0.2) is 47.6 Å². The minimum atomic E-state index is -0.447. The average molecular weight is 261 g/mol. The maximum Gasteiger partial charge on any atom is 0.117 e. The SMILES string of the molecule is CCCN(CC)C(O)C1\C=C/C(C)=C\C=C\C=C\1C. The summed E-state index contributed by atoms with van der Waals surface area (Å²) in [6.45, 7) is 10.2. The molecule has 2 nitrogen and oxygen atoms in total. The summed E-state index contributed by atoms with van der Waals surface area (Å²) in [5.41, 5.74) is 2.40. The van der Waals surface area contributed by atoms with Crippen LogP contribution in [0.1, 0.15) is 34.1 Å². The van der Waals surface area contributed by atoms with Crippen LogP contribution in [0.4, 0.5) is 0 Å². The van der Waals surface area contributed by atoms with Crippen molar-refractivity contribution in [3.05, 3.63) is 47.6 Å². The van der Waals surface area contributed by atoms with Crippen molar-refractivity contribution in [1.29, 1.82) is 0 Å². The first-order chi connectivity index (χ1) is 9.10. The molecule has 0 heterocycles. The predicted molar refractivity (Wildman–Crippen MR) is 82.8 cm³/mol. The van der Waals surface area contributed by atoms with Crippen LogP contribution in [-0.4, -0.2) is 29.3 Å². The van der Waals surface area contributed by atoms with Crippen LogP contribution in [0.3, 0.4) is 0 Å². The molecule has 2 atom stereocenters. The van der Waals surface area contributed by atoms with Crippen molar-refractivity contribution >= 4 is 0 Å². The summed E-state index contributed by atoms with van der Waals surface area (Å²) in [7, 11) is 0. The van der Waals surface area contributed by atoms with Crippen molar-refractivity contribution in [1.82, 2.24) is 4.90 Å². The first-order valence-corrected chi connectivity index (χ1v) is 7.22. The summed E-state index contributed by atoms with van der Waals surface area (Å²) in [6, 6.07) is 0. The Hall–Kier alpha value is -1.12. The molecule has 0 radical (unpaired) electrons. The first kappa shape index (κ1) is 15.9. The molecule has 1 aliphatic carbocycles. The third-order valence-electron chi connectivity index (χ3n) is 3.53. The fourth-order valence-corrected chi connectivity index (χ4v) is 2.31. The summed E-state index contributed by atoms with van der Waals surface area (Å²) < 4.78 is 0. The summed E-state index contributed by atoms with van der Waals surface area (Å²) in [5.74, 6) is 0.0533. The quantitative estimate of drug-likeness (QED) is 0.763. The molecule has 0 fully saturated rings. The second kappa shape index (κ2) is 8.13. The van der Waals surface area contributed by atoms with E-state index in [0.717, 1.165) is 19.5 Å². The molecule has 0 saturated heterocycles. The molecule has 0 aliphatic heterocycles. The lowest BCUT2D eigenvalue weighted by atomic mass is 9.96. The number of nitrogens with zero attached hydrogens (tertiary/aromatic N) is 1. The van der Waals surface area contributed by atoms with Crippen LogP contribution >= 0.6 is 0 Å². The highest BCUT2D eigenvalue weighted by molar-refractivity contribution is 5.30. The van der Waals surface area contributed by atoms with Gasteiger partial charge in [-0.1, -0.05) is 61.4 Å². The van der Waals surface area contributed by atoms with E-state index in [4.69, 9.17) is 0 Å². The highest BCUT2D eigenvalue weighted by Crippen LogP contribution is 2.22. The van der Waals surface area contributed by atoms with Crippen molar-refractivity contribution < 1.29 is 5.11 Å². The molecule has 106 valence electrons. The summed E-state index contributed by atoms with van der Waals surface area (Å²) in [5, 5.41) is 10.6. The predicted octanol–water partition coefficient (Wildman–Crippen LogP) is 3.67. The number of hydrogen-bond acceptors (Lipinski definition) is 2. The first-order valence-electron chi connectivity index (χ1n) is 7.22. The Labute approximate surface area is 117 Å². The minimum absolute atomic E-state index is 0.0533. The third-order valence-corrected chi connectivity index (χ3v) is 3.53. The zero-order chi connectivity index (χ0) is 14.3. The molecular weight excluding hydrogens is 234 g/mol. The molecule has 2 unspecified atom stereocenters. The van der Waals surface area contributed by atoms with Gasteiger partial charge in [-0.3, -0.25) is 4.90 Å². The molecule has 1 rings (SSSR count). The zero-order valence-electron chi connectivity index (χ0n) is 12.6. The Morgan fingerprint density at radius 3 is 2.53 bits per heavy atom. The molecule has 0 aromatic carbocycles. The molecule has 2 heteroatoms. The number of rotatable bonds is 5. The number of aliphatic hydroxyl groups excluding tert-OH is 1. The van der Waals surface area contributed by atoms with Gasteiger partial charge in [0.15, 0.2) is 0 Å². The molecule has 0 saturated carbocycles. The monoisotopic (exact) mass is 261 g/mol. The van der Waals surface area contributed by atoms with Gasteiger partial charge in [0.1, 0.15) is 6.23 Å². The highest BCUT2D eigenvalue weighted by atomic mass is 16.3. The van der Waals surface area contributed by atoms with Gasteiger partial charge in [0.25, 0.3) is 0 Å². The topological polar surface area (TPSA) is 23.5 Å². The molecule has 0 amide bonds. The molecule has 0 aromatic rings. The van der Waals surface area contributed by atoms with E-state index in [1.807, 2.05) is 12.2 Å². The van der Waals surface area contributed by atoms with Crippen LogP contribution in [0.25, 0.3) is 0 Å². The number of allylic oxidation sites excluding steroid dienone is 6. The smallest absolute Gasteiger partial charge is 0.117 e. The van der Waals surface area contributed by atoms with Crippen molar-refractivity contribution in [2.45, 2.75) is 40.3 Å². The maximum absolute atomic E-state index is 10.6. The lowest BCUT2D eigenvalue weighted by molar-refractivity contribution is -0.0140. The van der Waals surface area contributed by atoms with E-state index in [9.17, 15) is 5.11 Å². The Kier molecular flexibility index (Phi) is 6.82. The van der Waals surface area contributed by atoms with E-state index in [1.165, 1.54) is 11.1 Å². The third kappa shape index (κ3) is 4.81. The van der Waals surface area contributed by atoms with Gasteiger partial charge in [0.2, 0.25) is 0 Å². The molecule has 19 heavy (non-hydrogen) atoms. The lowest BCUT2D eigenvalue weighted by Crippen LogP contribution is -2.40. The molecule has 1 aliphatic rings. The van der Waals surface area contributed by atoms with E-state index >= 15 is 0 Å². The van der Waals surface area contributed by atoms with E-state index in [0.29, 0.717) is 0 Å². The zero-order valence-corrected chi connectivity index (χ0v) is 12.6. The van der Waals surface area contributed by atoms with Gasteiger partial charge >= 0.3 is 0 Å². The minimum Gasteiger partial charge on any atom is -0.377 e. The van der Waals surface area contributed by atoms with Crippen molar-refractivity contribution in [3.63, 3.8) is 0 Å². The second-order valence-electron chi connectivity index (χ2n) is 5.13. The summed E-state index contributed by atoms with van der Waals surface area (Å²) >= 11 is 0. The largest absolute Gasteiger partial charge is 0.377 e. The van der Waals surface area contributed by atoms with Crippen LogP contribution in [-0.2, 0) is 0 Å². The lowest BCUT2D eigenvalue weighted by Gasteiger charge is -2.31. The number of aliphatic hydroxyl groups is 1. The van der Waals surface area contributed by atoms with Crippen molar-refractivity contribution in [2.75, 3.05) is 13.1 Å². The Morgan fingerprint density at radius 2 is 1.89 bits per heavy atom. The fourth-order valence-electron chi connectivity index (χ4n) is 2.31. The van der Waals surface area contributed by atoms with Crippen LogP contribution < -0.4 is 0 Å². The molecule has 1 N–H and O–H groups in total. The standard InChI is InChI=1S/C17H27NO/c1-5-13-18(6-2)17(19)16-12-11-14(3)9-7-8-10-15(16)4/h7-12,16-17,19H,5-6,13H2,1-4H3/b8-7+,12-11-,14-9-,15-10+. The maximum atomic E-state index is 10.6. The van der Waals surface area contributed by atoms with E-state index in [1.54, 1.807) is 0 Å². The number of hydrogen-bond donors (Lipinski definition) is 1. The molecule has 0 bridgehead atoms. The van der Waals surface area contributed by atoms with E-state index < -0.39 is 6.23 Å². The molecule has 0 aromatic heterocycles. The molecular formula is C17H27NO. The van der Waals surface area contributed by atoms with Gasteiger partial charge in [0, 0.05) is 12.5 Å². The average Bonchev–Trinajstić information content (AvgIpc) is 2.47. The van der Waals surface area contributed by atoms with Gasteiger partial charge in [-0.05, 0) is 26.8 Å².